The van der Waals surface area contributed by atoms with Gasteiger partial charge in [-0.2, -0.15) is 0 Å². The van der Waals surface area contributed by atoms with Crippen molar-refractivity contribution in [2.75, 3.05) is 11.6 Å². The maximum atomic E-state index is 12.9. The van der Waals surface area contributed by atoms with Crippen LogP contribution in [0.5, 0.6) is 0 Å². The molecule has 1 amide bonds. The van der Waals surface area contributed by atoms with Gasteiger partial charge in [0.25, 0.3) is 5.91 Å². The van der Waals surface area contributed by atoms with Crippen LogP contribution in [0.2, 0.25) is 0 Å². The zero-order chi connectivity index (χ0) is 16.5. The minimum absolute atomic E-state index is 0.0752. The van der Waals surface area contributed by atoms with E-state index in [9.17, 15) is 4.79 Å². The van der Waals surface area contributed by atoms with Crippen molar-refractivity contribution in [1.82, 2.24) is 4.98 Å². The van der Waals surface area contributed by atoms with Crippen LogP contribution in [0.15, 0.2) is 59.5 Å². The lowest BCUT2D eigenvalue weighted by Crippen LogP contribution is -2.13. The van der Waals surface area contributed by atoms with Gasteiger partial charge >= 0.3 is 0 Å². The number of rotatable bonds is 4. The third-order valence-corrected chi connectivity index (χ3v) is 5.03. The Kier molecular flexibility index (Phi) is 3.98. The van der Waals surface area contributed by atoms with E-state index in [4.69, 9.17) is 4.98 Å². The normalized spacial score (nSPS) is 13.9. The van der Waals surface area contributed by atoms with Gasteiger partial charge < -0.3 is 5.32 Å². The Labute approximate surface area is 145 Å². The Hall–Kier alpha value is -2.33. The highest BCUT2D eigenvalue weighted by Crippen LogP contribution is 2.40. The van der Waals surface area contributed by atoms with Crippen molar-refractivity contribution in [1.29, 1.82) is 0 Å². The fourth-order valence-electron chi connectivity index (χ4n) is 2.87. The highest BCUT2D eigenvalue weighted by atomic mass is 32.2. The maximum absolute atomic E-state index is 12.9. The molecule has 0 unspecified atom stereocenters. The zero-order valence-electron chi connectivity index (χ0n) is 13.5. The molecule has 4 heteroatoms. The van der Waals surface area contributed by atoms with Gasteiger partial charge in [0, 0.05) is 27.6 Å². The molecule has 0 radical (unpaired) electrons. The molecule has 120 valence electrons. The molecule has 1 aromatic heterocycles. The quantitative estimate of drug-likeness (QED) is 0.676. The lowest BCUT2D eigenvalue weighted by atomic mass is 10.1. The summed E-state index contributed by atoms with van der Waals surface area (Å²) in [6.07, 6.45) is 4.36. The topological polar surface area (TPSA) is 42.0 Å². The van der Waals surface area contributed by atoms with Crippen molar-refractivity contribution in [3.63, 3.8) is 0 Å². The maximum Gasteiger partial charge on any atom is 0.256 e. The summed E-state index contributed by atoms with van der Waals surface area (Å²) in [4.78, 5) is 18.7. The van der Waals surface area contributed by atoms with E-state index in [2.05, 4.69) is 5.32 Å². The van der Waals surface area contributed by atoms with Gasteiger partial charge in [-0.15, -0.1) is 11.8 Å². The largest absolute Gasteiger partial charge is 0.322 e. The average molecular weight is 334 g/mol. The number of carbonyl (C=O) groups is 1. The van der Waals surface area contributed by atoms with Crippen LogP contribution in [-0.4, -0.2) is 17.1 Å². The fraction of sp³-hybridized carbons (Fsp3) is 0.200. The standard InChI is InChI=1S/C20H18N2OS/c1-24-15-6-4-5-14(11-15)21-20(23)17-12-19(13-9-10-13)22-18-8-3-2-7-16(17)18/h2-8,11-13H,9-10H2,1H3,(H,21,23). The van der Waals surface area contributed by atoms with Crippen LogP contribution in [-0.2, 0) is 0 Å². The van der Waals surface area contributed by atoms with Gasteiger partial charge in [0.05, 0.1) is 11.1 Å². The van der Waals surface area contributed by atoms with E-state index in [0.29, 0.717) is 11.5 Å². The van der Waals surface area contributed by atoms with E-state index in [1.165, 1.54) is 12.8 Å². The summed E-state index contributed by atoms with van der Waals surface area (Å²) >= 11 is 1.66. The van der Waals surface area contributed by atoms with Gasteiger partial charge in [-0.1, -0.05) is 24.3 Å². The second-order valence-corrected chi connectivity index (χ2v) is 6.95. The Balaban J connectivity index is 1.72. The van der Waals surface area contributed by atoms with Crippen molar-refractivity contribution in [3.05, 3.63) is 65.9 Å². The van der Waals surface area contributed by atoms with Crippen molar-refractivity contribution in [2.24, 2.45) is 0 Å². The van der Waals surface area contributed by atoms with Crippen LogP contribution in [0.3, 0.4) is 0 Å². The van der Waals surface area contributed by atoms with E-state index >= 15 is 0 Å². The van der Waals surface area contributed by atoms with Gasteiger partial charge in [0.2, 0.25) is 0 Å². The molecule has 3 nitrogen and oxygen atoms in total. The molecule has 1 saturated carbocycles. The molecule has 0 spiro atoms. The fourth-order valence-corrected chi connectivity index (χ4v) is 3.33. The molecule has 0 saturated heterocycles. The first-order chi connectivity index (χ1) is 11.7. The lowest BCUT2D eigenvalue weighted by molar-refractivity contribution is 0.102. The number of para-hydroxylation sites is 1. The molecule has 1 N–H and O–H groups in total. The van der Waals surface area contributed by atoms with Crippen LogP contribution in [0.25, 0.3) is 10.9 Å². The summed E-state index contributed by atoms with van der Waals surface area (Å²) in [6.45, 7) is 0. The van der Waals surface area contributed by atoms with Crippen LogP contribution in [0.4, 0.5) is 5.69 Å². The summed E-state index contributed by atoms with van der Waals surface area (Å²) in [5.74, 6) is 0.440. The third kappa shape index (κ3) is 3.02. The molecule has 3 aromatic rings. The SMILES string of the molecule is CSc1cccc(NC(=O)c2cc(C3CC3)nc3ccccc23)c1. The summed E-state index contributed by atoms with van der Waals surface area (Å²) in [7, 11) is 0. The van der Waals surface area contributed by atoms with Crippen molar-refractivity contribution < 1.29 is 4.79 Å². The number of anilines is 1. The molecule has 0 aliphatic heterocycles. The van der Waals surface area contributed by atoms with E-state index in [-0.39, 0.29) is 5.91 Å². The first kappa shape index (κ1) is 15.2. The van der Waals surface area contributed by atoms with Crippen LogP contribution >= 0.6 is 11.8 Å². The molecule has 0 bridgehead atoms. The predicted molar refractivity (Wildman–Crippen MR) is 99.9 cm³/mol. The zero-order valence-corrected chi connectivity index (χ0v) is 14.3. The number of pyridine rings is 1. The number of nitrogens with one attached hydrogen (secondary N) is 1. The minimum atomic E-state index is -0.0752. The summed E-state index contributed by atoms with van der Waals surface area (Å²) in [6, 6.07) is 17.7. The number of thioether (sulfide) groups is 1. The Bertz CT molecular complexity index is 918. The summed E-state index contributed by atoms with van der Waals surface area (Å²) in [5, 5.41) is 3.93. The summed E-state index contributed by atoms with van der Waals surface area (Å²) in [5.41, 5.74) is 3.46. The number of carbonyl (C=O) groups excluding carboxylic acids is 1. The number of hydrogen-bond acceptors (Lipinski definition) is 3. The number of benzene rings is 2. The average Bonchev–Trinajstić information content (AvgIpc) is 3.46. The van der Waals surface area contributed by atoms with E-state index < -0.39 is 0 Å². The highest BCUT2D eigenvalue weighted by molar-refractivity contribution is 7.98. The smallest absolute Gasteiger partial charge is 0.256 e. The van der Waals surface area contributed by atoms with E-state index in [1.54, 1.807) is 11.8 Å². The Morgan fingerprint density at radius 3 is 2.75 bits per heavy atom. The number of fused-ring (bicyclic) bond motifs is 1. The van der Waals surface area contributed by atoms with Crippen LogP contribution in [0, 0.1) is 0 Å². The minimum Gasteiger partial charge on any atom is -0.322 e. The van der Waals surface area contributed by atoms with Gasteiger partial charge in [0.15, 0.2) is 0 Å². The number of aromatic nitrogens is 1. The number of hydrogen-bond donors (Lipinski definition) is 1. The molecule has 1 aliphatic carbocycles. The molecule has 1 heterocycles. The van der Waals surface area contributed by atoms with Crippen LogP contribution in [0.1, 0.15) is 34.8 Å². The Morgan fingerprint density at radius 2 is 1.96 bits per heavy atom. The molecule has 4 rings (SSSR count). The monoisotopic (exact) mass is 334 g/mol. The predicted octanol–water partition coefficient (Wildman–Crippen LogP) is 5.09. The lowest BCUT2D eigenvalue weighted by Gasteiger charge is -2.11. The number of nitrogens with zero attached hydrogens (tertiary/aromatic N) is 1. The van der Waals surface area contributed by atoms with Gasteiger partial charge in [-0.05, 0) is 49.4 Å². The van der Waals surface area contributed by atoms with Gasteiger partial charge in [-0.25, -0.2) is 0 Å². The molecular formula is C20H18N2OS. The number of amides is 1. The first-order valence-electron chi connectivity index (χ1n) is 8.09. The second kappa shape index (κ2) is 6.29. The van der Waals surface area contributed by atoms with Crippen molar-refractivity contribution in [2.45, 2.75) is 23.7 Å². The summed E-state index contributed by atoms with van der Waals surface area (Å²) < 4.78 is 0. The third-order valence-electron chi connectivity index (χ3n) is 4.30. The van der Waals surface area contributed by atoms with Crippen molar-refractivity contribution in [3.8, 4) is 0 Å². The molecule has 2 aromatic carbocycles. The van der Waals surface area contributed by atoms with Gasteiger partial charge in [-0.3, -0.25) is 9.78 Å². The molecule has 1 aliphatic rings. The van der Waals surface area contributed by atoms with Crippen LogP contribution < -0.4 is 5.32 Å². The Morgan fingerprint density at radius 1 is 1.12 bits per heavy atom. The van der Waals surface area contributed by atoms with E-state index in [1.807, 2.05) is 60.9 Å². The van der Waals surface area contributed by atoms with E-state index in [0.717, 1.165) is 27.2 Å². The first-order valence-corrected chi connectivity index (χ1v) is 9.32. The second-order valence-electron chi connectivity index (χ2n) is 6.07. The molecule has 0 atom stereocenters. The molecular weight excluding hydrogens is 316 g/mol. The van der Waals surface area contributed by atoms with Gasteiger partial charge in [0.1, 0.15) is 0 Å². The molecule has 1 fully saturated rings. The van der Waals surface area contributed by atoms with Crippen molar-refractivity contribution >= 4 is 34.3 Å². The molecule has 24 heavy (non-hydrogen) atoms. The highest BCUT2D eigenvalue weighted by Gasteiger charge is 2.26.